The molecule has 0 aliphatic carbocycles. The van der Waals surface area contributed by atoms with Crippen molar-refractivity contribution in [3.63, 3.8) is 0 Å². The Balaban J connectivity index is 1.84. The molecule has 1 fully saturated rings. The van der Waals surface area contributed by atoms with Crippen LogP contribution >= 0.6 is 0 Å². The number of carbonyl (C=O) groups excluding carboxylic acids is 1. The third-order valence-electron chi connectivity index (χ3n) is 3.28. The van der Waals surface area contributed by atoms with E-state index in [2.05, 4.69) is 19.9 Å². The number of hydrogen-bond donors (Lipinski definition) is 1. The van der Waals surface area contributed by atoms with Crippen LogP contribution in [0.5, 0.6) is 0 Å². The van der Waals surface area contributed by atoms with Gasteiger partial charge in [0, 0.05) is 25.0 Å². The SMILES string of the molecule is Cc1nc(N)cc(C2CCN2C(=O)c2cnccn2)n1. The van der Waals surface area contributed by atoms with Gasteiger partial charge < -0.3 is 10.6 Å². The van der Waals surface area contributed by atoms with Gasteiger partial charge in [-0.05, 0) is 13.3 Å². The molecule has 1 unspecified atom stereocenters. The number of hydrogen-bond acceptors (Lipinski definition) is 6. The summed E-state index contributed by atoms with van der Waals surface area (Å²) in [6.45, 7) is 2.47. The highest BCUT2D eigenvalue weighted by Crippen LogP contribution is 2.33. The van der Waals surface area contributed by atoms with Crippen LogP contribution in [0.1, 0.15) is 34.5 Å². The molecule has 1 saturated heterocycles. The Morgan fingerprint density at radius 1 is 1.40 bits per heavy atom. The van der Waals surface area contributed by atoms with Crippen LogP contribution in [0, 0.1) is 6.92 Å². The topological polar surface area (TPSA) is 97.9 Å². The van der Waals surface area contributed by atoms with Crippen molar-refractivity contribution in [1.82, 2.24) is 24.8 Å². The summed E-state index contributed by atoms with van der Waals surface area (Å²) in [5.41, 5.74) is 6.85. The second kappa shape index (κ2) is 4.84. The van der Waals surface area contributed by atoms with Crippen molar-refractivity contribution in [1.29, 1.82) is 0 Å². The lowest BCUT2D eigenvalue weighted by atomic mass is 9.98. The Morgan fingerprint density at radius 2 is 2.25 bits per heavy atom. The summed E-state index contributed by atoms with van der Waals surface area (Å²) in [6, 6.07) is 1.65. The first-order valence-corrected chi connectivity index (χ1v) is 6.33. The fourth-order valence-corrected chi connectivity index (χ4v) is 2.28. The summed E-state index contributed by atoms with van der Waals surface area (Å²) < 4.78 is 0. The van der Waals surface area contributed by atoms with Gasteiger partial charge in [0.2, 0.25) is 0 Å². The van der Waals surface area contributed by atoms with Crippen LogP contribution in [-0.4, -0.2) is 37.3 Å². The average molecular weight is 270 g/mol. The molecule has 20 heavy (non-hydrogen) atoms. The standard InChI is InChI=1S/C13H14N6O/c1-8-17-9(6-12(14)18-8)11-2-5-19(11)13(20)10-7-15-3-4-16-10/h3-4,6-7,11H,2,5H2,1H3,(H2,14,17,18). The second-order valence-corrected chi connectivity index (χ2v) is 4.66. The lowest BCUT2D eigenvalue weighted by Crippen LogP contribution is -2.45. The average Bonchev–Trinajstić information content (AvgIpc) is 2.37. The molecule has 0 spiro atoms. The van der Waals surface area contributed by atoms with Gasteiger partial charge in [-0.25, -0.2) is 15.0 Å². The number of nitrogens with zero attached hydrogens (tertiary/aromatic N) is 5. The number of rotatable bonds is 2. The number of carbonyl (C=O) groups is 1. The Morgan fingerprint density at radius 3 is 2.85 bits per heavy atom. The molecule has 2 N–H and O–H groups in total. The first-order valence-electron chi connectivity index (χ1n) is 6.33. The summed E-state index contributed by atoms with van der Waals surface area (Å²) in [6.07, 6.45) is 5.38. The monoisotopic (exact) mass is 270 g/mol. The van der Waals surface area contributed by atoms with Crippen LogP contribution in [-0.2, 0) is 0 Å². The van der Waals surface area contributed by atoms with Crippen LogP contribution in [0.3, 0.4) is 0 Å². The summed E-state index contributed by atoms with van der Waals surface area (Å²) in [4.78, 5) is 30.4. The molecule has 1 aliphatic heterocycles. The van der Waals surface area contributed by atoms with E-state index in [1.54, 1.807) is 24.1 Å². The minimum atomic E-state index is -0.135. The van der Waals surface area contributed by atoms with Crippen molar-refractivity contribution >= 4 is 11.7 Å². The number of nitrogen functional groups attached to an aromatic ring is 1. The van der Waals surface area contributed by atoms with Gasteiger partial charge >= 0.3 is 0 Å². The van der Waals surface area contributed by atoms with E-state index in [1.807, 2.05) is 0 Å². The quantitative estimate of drug-likeness (QED) is 0.864. The van der Waals surface area contributed by atoms with Crippen LogP contribution in [0.25, 0.3) is 0 Å². The predicted molar refractivity (Wildman–Crippen MR) is 71.6 cm³/mol. The van der Waals surface area contributed by atoms with Gasteiger partial charge in [0.25, 0.3) is 5.91 Å². The Hall–Kier alpha value is -2.57. The molecule has 102 valence electrons. The summed E-state index contributed by atoms with van der Waals surface area (Å²) in [7, 11) is 0. The van der Waals surface area contributed by atoms with E-state index in [4.69, 9.17) is 5.73 Å². The maximum atomic E-state index is 12.3. The van der Waals surface area contributed by atoms with Gasteiger partial charge in [-0.1, -0.05) is 0 Å². The molecule has 1 atom stereocenters. The molecular weight excluding hydrogens is 256 g/mol. The third-order valence-corrected chi connectivity index (χ3v) is 3.28. The molecule has 7 heteroatoms. The molecule has 3 heterocycles. The fourth-order valence-electron chi connectivity index (χ4n) is 2.28. The number of amides is 1. The van der Waals surface area contributed by atoms with E-state index in [0.29, 0.717) is 23.9 Å². The molecule has 7 nitrogen and oxygen atoms in total. The van der Waals surface area contributed by atoms with Gasteiger partial charge in [0.1, 0.15) is 17.3 Å². The van der Waals surface area contributed by atoms with Crippen molar-refractivity contribution in [2.24, 2.45) is 0 Å². The van der Waals surface area contributed by atoms with E-state index < -0.39 is 0 Å². The molecule has 0 radical (unpaired) electrons. The highest BCUT2D eigenvalue weighted by molar-refractivity contribution is 5.92. The van der Waals surface area contributed by atoms with E-state index in [0.717, 1.165) is 12.1 Å². The zero-order chi connectivity index (χ0) is 14.1. The van der Waals surface area contributed by atoms with E-state index in [-0.39, 0.29) is 11.9 Å². The number of anilines is 1. The van der Waals surface area contributed by atoms with E-state index in [9.17, 15) is 4.79 Å². The number of nitrogens with two attached hydrogens (primary N) is 1. The Bertz CT molecular complexity index is 624. The van der Waals surface area contributed by atoms with Crippen LogP contribution in [0.15, 0.2) is 24.7 Å². The molecule has 1 aliphatic rings. The third kappa shape index (κ3) is 2.18. The largest absolute Gasteiger partial charge is 0.384 e. The lowest BCUT2D eigenvalue weighted by Gasteiger charge is -2.40. The molecular formula is C13H14N6O. The minimum absolute atomic E-state index is 0.0616. The van der Waals surface area contributed by atoms with Crippen molar-refractivity contribution < 1.29 is 4.79 Å². The summed E-state index contributed by atoms with van der Waals surface area (Å²) >= 11 is 0. The second-order valence-electron chi connectivity index (χ2n) is 4.66. The molecule has 0 saturated carbocycles. The van der Waals surface area contributed by atoms with Gasteiger partial charge in [-0.2, -0.15) is 0 Å². The number of aryl methyl sites for hydroxylation is 1. The maximum absolute atomic E-state index is 12.3. The molecule has 0 bridgehead atoms. The van der Waals surface area contributed by atoms with E-state index >= 15 is 0 Å². The van der Waals surface area contributed by atoms with Crippen LogP contribution in [0.2, 0.25) is 0 Å². The van der Waals surface area contributed by atoms with Gasteiger partial charge in [0.05, 0.1) is 17.9 Å². The maximum Gasteiger partial charge on any atom is 0.274 e. The summed E-state index contributed by atoms with van der Waals surface area (Å²) in [5.74, 6) is 0.897. The zero-order valence-corrected chi connectivity index (χ0v) is 11.0. The zero-order valence-electron chi connectivity index (χ0n) is 11.0. The Kier molecular flexibility index (Phi) is 3.02. The lowest BCUT2D eigenvalue weighted by molar-refractivity contribution is 0.0444. The van der Waals surface area contributed by atoms with Gasteiger partial charge in [-0.15, -0.1) is 0 Å². The normalized spacial score (nSPS) is 17.6. The van der Waals surface area contributed by atoms with Crippen molar-refractivity contribution in [3.8, 4) is 0 Å². The molecule has 1 amide bonds. The van der Waals surface area contributed by atoms with Gasteiger partial charge in [-0.3, -0.25) is 9.78 Å². The molecule has 3 rings (SSSR count). The van der Waals surface area contributed by atoms with Crippen molar-refractivity contribution in [2.45, 2.75) is 19.4 Å². The van der Waals surface area contributed by atoms with Crippen LogP contribution < -0.4 is 5.73 Å². The molecule has 2 aromatic heterocycles. The fraction of sp³-hybridized carbons (Fsp3) is 0.308. The minimum Gasteiger partial charge on any atom is -0.384 e. The molecule has 2 aromatic rings. The van der Waals surface area contributed by atoms with Crippen molar-refractivity contribution in [2.75, 3.05) is 12.3 Å². The first kappa shape index (κ1) is 12.5. The smallest absolute Gasteiger partial charge is 0.274 e. The highest BCUT2D eigenvalue weighted by Gasteiger charge is 2.35. The predicted octanol–water partition coefficient (Wildman–Crippen LogP) is 0.744. The van der Waals surface area contributed by atoms with Crippen molar-refractivity contribution in [3.05, 3.63) is 41.9 Å². The number of aromatic nitrogens is 4. The summed E-state index contributed by atoms with van der Waals surface area (Å²) in [5, 5.41) is 0. The van der Waals surface area contributed by atoms with Gasteiger partial charge in [0.15, 0.2) is 0 Å². The first-order chi connectivity index (χ1) is 9.65. The highest BCUT2D eigenvalue weighted by atomic mass is 16.2. The van der Waals surface area contributed by atoms with E-state index in [1.165, 1.54) is 12.4 Å². The van der Waals surface area contributed by atoms with Crippen LogP contribution in [0.4, 0.5) is 5.82 Å². The molecule has 0 aromatic carbocycles. The Labute approximate surface area is 115 Å². The number of likely N-dealkylation sites (tertiary alicyclic amines) is 1.